The summed E-state index contributed by atoms with van der Waals surface area (Å²) in [6, 6.07) is 8.82. The third-order valence-electron chi connectivity index (χ3n) is 1.62. The van der Waals surface area contributed by atoms with Crippen molar-refractivity contribution in [1.29, 1.82) is 5.26 Å². The number of ether oxygens (including phenoxy) is 2. The van der Waals surface area contributed by atoms with Crippen LogP contribution >= 0.6 is 0 Å². The first-order valence-electron chi connectivity index (χ1n) is 4.48. The molecule has 1 aromatic rings. The Kier molecular flexibility index (Phi) is 4.17. The number of nitriles is 1. The fourth-order valence-electron chi connectivity index (χ4n) is 1.00. The summed E-state index contributed by atoms with van der Waals surface area (Å²) in [5, 5.41) is 8.63. The van der Waals surface area contributed by atoms with Gasteiger partial charge in [0.25, 0.3) is 0 Å². The van der Waals surface area contributed by atoms with Gasteiger partial charge in [0.2, 0.25) is 0 Å². The van der Waals surface area contributed by atoms with E-state index in [0.717, 1.165) is 0 Å². The Labute approximate surface area is 88.0 Å². The first kappa shape index (κ1) is 11.1. The highest BCUT2D eigenvalue weighted by molar-refractivity contribution is 5.65. The molecule has 0 aliphatic rings. The quantitative estimate of drug-likeness (QED) is 0.552. The summed E-state index contributed by atoms with van der Waals surface area (Å²) in [5.41, 5.74) is 0.542. The molecule has 0 bridgehead atoms. The van der Waals surface area contributed by atoms with Crippen molar-refractivity contribution in [1.82, 2.24) is 0 Å². The smallest absolute Gasteiger partial charge is 0.302 e. The lowest BCUT2D eigenvalue weighted by Gasteiger charge is -2.05. The summed E-state index contributed by atoms with van der Waals surface area (Å²) in [6.45, 7) is 1.84. The molecule has 78 valence electrons. The minimum Gasteiger partial charge on any atom is -0.490 e. The first-order chi connectivity index (χ1) is 7.22. The van der Waals surface area contributed by atoms with Gasteiger partial charge in [0, 0.05) is 6.92 Å². The van der Waals surface area contributed by atoms with E-state index in [1.165, 1.54) is 6.92 Å². The molecule has 0 aliphatic heterocycles. The molecule has 0 fully saturated rings. The van der Waals surface area contributed by atoms with Crippen LogP contribution in [0.5, 0.6) is 5.75 Å². The second kappa shape index (κ2) is 5.66. The van der Waals surface area contributed by atoms with Crippen LogP contribution in [0.2, 0.25) is 0 Å². The fraction of sp³-hybridized carbons (Fsp3) is 0.273. The van der Waals surface area contributed by atoms with Crippen LogP contribution in [0.3, 0.4) is 0 Å². The Hall–Kier alpha value is -2.02. The van der Waals surface area contributed by atoms with Gasteiger partial charge in [0.05, 0.1) is 11.6 Å². The molecule has 0 aliphatic carbocycles. The maximum absolute atomic E-state index is 10.4. The standard InChI is InChI=1S/C11H11NO3/c1-9(13)14-5-6-15-11-4-2-3-10(7-11)8-12/h2-4,7H,5-6H2,1H3. The average Bonchev–Trinajstić information content (AvgIpc) is 2.24. The van der Waals surface area contributed by atoms with E-state index in [1.54, 1.807) is 24.3 Å². The van der Waals surface area contributed by atoms with Crippen LogP contribution in [-0.2, 0) is 9.53 Å². The van der Waals surface area contributed by atoms with Crippen molar-refractivity contribution in [3.8, 4) is 11.8 Å². The van der Waals surface area contributed by atoms with Crippen molar-refractivity contribution in [3.63, 3.8) is 0 Å². The van der Waals surface area contributed by atoms with E-state index < -0.39 is 0 Å². The number of rotatable bonds is 4. The predicted molar refractivity (Wildman–Crippen MR) is 53.3 cm³/mol. The molecule has 1 aromatic carbocycles. The largest absolute Gasteiger partial charge is 0.490 e. The van der Waals surface area contributed by atoms with Crippen molar-refractivity contribution in [2.75, 3.05) is 13.2 Å². The van der Waals surface area contributed by atoms with Gasteiger partial charge in [0.15, 0.2) is 0 Å². The summed E-state index contributed by atoms with van der Waals surface area (Å²) in [7, 11) is 0. The highest BCUT2D eigenvalue weighted by Crippen LogP contribution is 2.12. The third kappa shape index (κ3) is 4.14. The maximum atomic E-state index is 10.4. The minimum atomic E-state index is -0.329. The lowest BCUT2D eigenvalue weighted by atomic mass is 10.2. The Morgan fingerprint density at radius 2 is 2.27 bits per heavy atom. The van der Waals surface area contributed by atoms with Crippen molar-refractivity contribution in [3.05, 3.63) is 29.8 Å². The van der Waals surface area contributed by atoms with Gasteiger partial charge in [-0.1, -0.05) is 6.07 Å². The second-order valence-electron chi connectivity index (χ2n) is 2.83. The molecule has 0 unspecified atom stereocenters. The third-order valence-corrected chi connectivity index (χ3v) is 1.62. The van der Waals surface area contributed by atoms with Gasteiger partial charge in [-0.3, -0.25) is 4.79 Å². The molecule has 0 aromatic heterocycles. The van der Waals surface area contributed by atoms with E-state index >= 15 is 0 Å². The first-order valence-corrected chi connectivity index (χ1v) is 4.48. The highest BCUT2D eigenvalue weighted by Gasteiger charge is 1.97. The number of carbonyl (C=O) groups excluding carboxylic acids is 1. The van der Waals surface area contributed by atoms with Crippen LogP contribution in [0, 0.1) is 11.3 Å². The number of hydrogen-bond acceptors (Lipinski definition) is 4. The van der Waals surface area contributed by atoms with Crippen molar-refractivity contribution >= 4 is 5.97 Å². The lowest BCUT2D eigenvalue weighted by molar-refractivity contribution is -0.141. The zero-order valence-corrected chi connectivity index (χ0v) is 8.40. The van der Waals surface area contributed by atoms with Crippen LogP contribution in [0.4, 0.5) is 0 Å². The van der Waals surface area contributed by atoms with Crippen LogP contribution < -0.4 is 4.74 Å². The van der Waals surface area contributed by atoms with Gasteiger partial charge >= 0.3 is 5.97 Å². The van der Waals surface area contributed by atoms with E-state index in [9.17, 15) is 4.79 Å². The van der Waals surface area contributed by atoms with Gasteiger partial charge in [-0.2, -0.15) is 5.26 Å². The number of carbonyl (C=O) groups is 1. The molecule has 0 heterocycles. The summed E-state index contributed by atoms with van der Waals surface area (Å²) in [6.07, 6.45) is 0. The monoisotopic (exact) mass is 205 g/mol. The molecular weight excluding hydrogens is 194 g/mol. The number of benzene rings is 1. The molecule has 0 amide bonds. The van der Waals surface area contributed by atoms with Gasteiger partial charge in [-0.25, -0.2) is 0 Å². The van der Waals surface area contributed by atoms with E-state index in [4.69, 9.17) is 14.7 Å². The molecule has 15 heavy (non-hydrogen) atoms. The Morgan fingerprint density at radius 1 is 1.47 bits per heavy atom. The number of hydrogen-bond donors (Lipinski definition) is 0. The SMILES string of the molecule is CC(=O)OCCOc1cccc(C#N)c1. The molecule has 0 spiro atoms. The Bertz CT molecular complexity index is 382. The van der Waals surface area contributed by atoms with Crippen molar-refractivity contribution in [2.24, 2.45) is 0 Å². The zero-order chi connectivity index (χ0) is 11.1. The fourth-order valence-corrected chi connectivity index (χ4v) is 1.00. The van der Waals surface area contributed by atoms with E-state index in [-0.39, 0.29) is 19.2 Å². The predicted octanol–water partition coefficient (Wildman–Crippen LogP) is 1.50. The molecular formula is C11H11NO3. The van der Waals surface area contributed by atoms with Crippen LogP contribution in [-0.4, -0.2) is 19.2 Å². The van der Waals surface area contributed by atoms with E-state index in [1.807, 2.05) is 6.07 Å². The van der Waals surface area contributed by atoms with Gasteiger partial charge in [-0.05, 0) is 18.2 Å². The number of esters is 1. The topological polar surface area (TPSA) is 59.3 Å². The summed E-state index contributed by atoms with van der Waals surface area (Å²) < 4.78 is 9.96. The Balaban J connectivity index is 2.38. The molecule has 0 atom stereocenters. The normalized spacial score (nSPS) is 9.07. The van der Waals surface area contributed by atoms with Gasteiger partial charge < -0.3 is 9.47 Å². The summed E-state index contributed by atoms with van der Waals surface area (Å²) >= 11 is 0. The molecule has 0 saturated heterocycles. The van der Waals surface area contributed by atoms with E-state index in [0.29, 0.717) is 11.3 Å². The lowest BCUT2D eigenvalue weighted by Crippen LogP contribution is -2.09. The molecule has 1 rings (SSSR count). The van der Waals surface area contributed by atoms with Crippen LogP contribution in [0.15, 0.2) is 24.3 Å². The summed E-state index contributed by atoms with van der Waals surface area (Å²) in [5.74, 6) is 0.269. The zero-order valence-electron chi connectivity index (χ0n) is 8.40. The van der Waals surface area contributed by atoms with Gasteiger partial charge in [0.1, 0.15) is 19.0 Å². The molecule has 0 N–H and O–H groups in total. The van der Waals surface area contributed by atoms with Crippen LogP contribution in [0.1, 0.15) is 12.5 Å². The minimum absolute atomic E-state index is 0.214. The Morgan fingerprint density at radius 3 is 2.93 bits per heavy atom. The van der Waals surface area contributed by atoms with Crippen LogP contribution in [0.25, 0.3) is 0 Å². The molecule has 4 nitrogen and oxygen atoms in total. The second-order valence-corrected chi connectivity index (χ2v) is 2.83. The average molecular weight is 205 g/mol. The molecule has 0 radical (unpaired) electrons. The van der Waals surface area contributed by atoms with E-state index in [2.05, 4.69) is 0 Å². The van der Waals surface area contributed by atoms with Crippen molar-refractivity contribution in [2.45, 2.75) is 6.92 Å². The maximum Gasteiger partial charge on any atom is 0.302 e. The van der Waals surface area contributed by atoms with Gasteiger partial charge in [-0.15, -0.1) is 0 Å². The highest BCUT2D eigenvalue weighted by atomic mass is 16.6. The number of nitrogens with zero attached hydrogens (tertiary/aromatic N) is 1. The molecule has 4 heteroatoms. The summed E-state index contributed by atoms with van der Waals surface area (Å²) in [4.78, 5) is 10.4. The van der Waals surface area contributed by atoms with Crippen molar-refractivity contribution < 1.29 is 14.3 Å². The molecule has 0 saturated carbocycles.